The highest BCUT2D eigenvalue weighted by Crippen LogP contribution is 2.33. The van der Waals surface area contributed by atoms with Gasteiger partial charge >= 0.3 is 0 Å². The third-order valence-electron chi connectivity index (χ3n) is 4.72. The molecule has 17 heavy (non-hydrogen) atoms. The van der Waals surface area contributed by atoms with Crippen molar-refractivity contribution in [3.63, 3.8) is 0 Å². The van der Waals surface area contributed by atoms with E-state index >= 15 is 0 Å². The summed E-state index contributed by atoms with van der Waals surface area (Å²) >= 11 is 0. The maximum absolute atomic E-state index is 3.74. The predicted octanol–water partition coefficient (Wildman–Crippen LogP) is 3.03. The molecule has 2 fully saturated rings. The molecule has 0 spiro atoms. The summed E-state index contributed by atoms with van der Waals surface area (Å²) in [4.78, 5) is 2.84. The number of rotatable bonds is 2. The Hall–Kier alpha value is -0.0800. The third kappa shape index (κ3) is 3.03. The maximum atomic E-state index is 3.74. The standard InChI is InChI=1S/C15H30N2/c1-5-12-11-17(13-8-6-7-9-13)14(10-16-12)15(2,3)4/h12-14,16H,5-11H2,1-4H3. The molecule has 2 unspecified atom stereocenters. The molecule has 1 heterocycles. The first-order valence-electron chi connectivity index (χ1n) is 7.51. The van der Waals surface area contributed by atoms with E-state index in [1.165, 1.54) is 45.2 Å². The van der Waals surface area contributed by atoms with Crippen molar-refractivity contribution in [3.8, 4) is 0 Å². The van der Waals surface area contributed by atoms with Crippen LogP contribution in [0.1, 0.15) is 59.8 Å². The van der Waals surface area contributed by atoms with Gasteiger partial charge in [0.2, 0.25) is 0 Å². The molecule has 0 aromatic carbocycles. The molecule has 2 nitrogen and oxygen atoms in total. The highest BCUT2D eigenvalue weighted by Gasteiger charge is 2.39. The Bertz CT molecular complexity index is 238. The van der Waals surface area contributed by atoms with Gasteiger partial charge in [-0.2, -0.15) is 0 Å². The topological polar surface area (TPSA) is 15.3 Å². The number of hydrogen-bond donors (Lipinski definition) is 1. The molecular weight excluding hydrogens is 208 g/mol. The largest absolute Gasteiger partial charge is 0.311 e. The molecule has 1 aliphatic heterocycles. The summed E-state index contributed by atoms with van der Waals surface area (Å²) in [6.07, 6.45) is 7.02. The Labute approximate surface area is 107 Å². The van der Waals surface area contributed by atoms with Crippen molar-refractivity contribution < 1.29 is 0 Å². The minimum Gasteiger partial charge on any atom is -0.311 e. The van der Waals surface area contributed by atoms with Crippen molar-refractivity contribution in [2.24, 2.45) is 5.41 Å². The lowest BCUT2D eigenvalue weighted by Crippen LogP contribution is -2.62. The maximum Gasteiger partial charge on any atom is 0.0272 e. The molecule has 0 aromatic rings. The average molecular weight is 238 g/mol. The van der Waals surface area contributed by atoms with Gasteiger partial charge in [0.25, 0.3) is 0 Å². The number of piperazine rings is 1. The van der Waals surface area contributed by atoms with E-state index in [2.05, 4.69) is 37.9 Å². The molecule has 100 valence electrons. The van der Waals surface area contributed by atoms with E-state index in [0.29, 0.717) is 17.5 Å². The second kappa shape index (κ2) is 5.27. The van der Waals surface area contributed by atoms with Crippen LogP contribution in [0.4, 0.5) is 0 Å². The van der Waals surface area contributed by atoms with E-state index in [0.717, 1.165) is 6.04 Å². The summed E-state index contributed by atoms with van der Waals surface area (Å²) in [5.41, 5.74) is 0.397. The second-order valence-electron chi connectivity index (χ2n) is 7.03. The van der Waals surface area contributed by atoms with E-state index in [1.807, 2.05) is 0 Å². The van der Waals surface area contributed by atoms with Crippen molar-refractivity contribution in [2.75, 3.05) is 13.1 Å². The minimum absolute atomic E-state index is 0.397. The molecule has 0 amide bonds. The average Bonchev–Trinajstić information content (AvgIpc) is 2.80. The predicted molar refractivity (Wildman–Crippen MR) is 74.3 cm³/mol. The molecule has 1 N–H and O–H groups in total. The van der Waals surface area contributed by atoms with E-state index in [4.69, 9.17) is 0 Å². The molecule has 2 rings (SSSR count). The molecule has 2 atom stereocenters. The van der Waals surface area contributed by atoms with Crippen LogP contribution in [0.15, 0.2) is 0 Å². The summed E-state index contributed by atoms with van der Waals surface area (Å²) in [5, 5.41) is 3.74. The molecule has 0 radical (unpaired) electrons. The van der Waals surface area contributed by atoms with Crippen molar-refractivity contribution >= 4 is 0 Å². The van der Waals surface area contributed by atoms with Gasteiger partial charge in [-0.3, -0.25) is 4.90 Å². The van der Waals surface area contributed by atoms with Gasteiger partial charge in [0.15, 0.2) is 0 Å². The van der Waals surface area contributed by atoms with Crippen LogP contribution in [0.2, 0.25) is 0 Å². The molecule has 2 heteroatoms. The lowest BCUT2D eigenvalue weighted by molar-refractivity contribution is 0.0217. The van der Waals surface area contributed by atoms with Crippen LogP contribution in [-0.4, -0.2) is 36.1 Å². The van der Waals surface area contributed by atoms with Crippen LogP contribution in [0, 0.1) is 5.41 Å². The van der Waals surface area contributed by atoms with E-state index in [-0.39, 0.29) is 0 Å². The first-order valence-corrected chi connectivity index (χ1v) is 7.51. The van der Waals surface area contributed by atoms with Gasteiger partial charge in [0, 0.05) is 31.2 Å². The van der Waals surface area contributed by atoms with Gasteiger partial charge in [0.1, 0.15) is 0 Å². The fraction of sp³-hybridized carbons (Fsp3) is 1.00. The Kier molecular flexibility index (Phi) is 4.14. The van der Waals surface area contributed by atoms with Gasteiger partial charge in [0.05, 0.1) is 0 Å². The SMILES string of the molecule is CCC1CN(C2CCCC2)C(C(C)(C)C)CN1. The number of hydrogen-bond acceptors (Lipinski definition) is 2. The molecule has 1 saturated heterocycles. The summed E-state index contributed by atoms with van der Waals surface area (Å²) in [5.74, 6) is 0. The minimum atomic E-state index is 0.397. The van der Waals surface area contributed by atoms with Crippen LogP contribution in [0.5, 0.6) is 0 Å². The van der Waals surface area contributed by atoms with E-state index in [1.54, 1.807) is 0 Å². The molecule has 0 bridgehead atoms. The Balaban J connectivity index is 2.08. The quantitative estimate of drug-likeness (QED) is 0.795. The first-order chi connectivity index (χ1) is 8.02. The van der Waals surface area contributed by atoms with Crippen molar-refractivity contribution in [1.82, 2.24) is 10.2 Å². The Morgan fingerprint density at radius 2 is 1.82 bits per heavy atom. The zero-order valence-electron chi connectivity index (χ0n) is 12.1. The van der Waals surface area contributed by atoms with Crippen LogP contribution in [-0.2, 0) is 0 Å². The summed E-state index contributed by atoms with van der Waals surface area (Å²) in [7, 11) is 0. The Morgan fingerprint density at radius 1 is 1.18 bits per heavy atom. The highest BCUT2D eigenvalue weighted by molar-refractivity contribution is 4.95. The van der Waals surface area contributed by atoms with Crippen LogP contribution < -0.4 is 5.32 Å². The zero-order chi connectivity index (χ0) is 12.5. The summed E-state index contributed by atoms with van der Waals surface area (Å²) in [6.45, 7) is 11.9. The van der Waals surface area contributed by atoms with Crippen LogP contribution in [0.25, 0.3) is 0 Å². The zero-order valence-corrected chi connectivity index (χ0v) is 12.1. The molecule has 1 aliphatic carbocycles. The monoisotopic (exact) mass is 238 g/mol. The number of nitrogens with zero attached hydrogens (tertiary/aromatic N) is 1. The first kappa shape index (κ1) is 13.4. The highest BCUT2D eigenvalue weighted by atomic mass is 15.3. The summed E-state index contributed by atoms with van der Waals surface area (Å²) < 4.78 is 0. The smallest absolute Gasteiger partial charge is 0.0272 e. The summed E-state index contributed by atoms with van der Waals surface area (Å²) in [6, 6.07) is 2.30. The molecular formula is C15H30N2. The fourth-order valence-corrected chi connectivity index (χ4v) is 3.56. The van der Waals surface area contributed by atoms with Crippen molar-refractivity contribution in [2.45, 2.75) is 77.9 Å². The van der Waals surface area contributed by atoms with Gasteiger partial charge < -0.3 is 5.32 Å². The fourth-order valence-electron chi connectivity index (χ4n) is 3.56. The van der Waals surface area contributed by atoms with Gasteiger partial charge in [-0.15, -0.1) is 0 Å². The second-order valence-corrected chi connectivity index (χ2v) is 7.03. The lowest BCUT2D eigenvalue weighted by atomic mass is 9.82. The van der Waals surface area contributed by atoms with Crippen LogP contribution in [0.3, 0.4) is 0 Å². The van der Waals surface area contributed by atoms with Crippen molar-refractivity contribution in [3.05, 3.63) is 0 Å². The van der Waals surface area contributed by atoms with Crippen molar-refractivity contribution in [1.29, 1.82) is 0 Å². The van der Waals surface area contributed by atoms with E-state index < -0.39 is 0 Å². The third-order valence-corrected chi connectivity index (χ3v) is 4.72. The molecule has 0 aromatic heterocycles. The number of nitrogens with one attached hydrogen (secondary N) is 1. The van der Waals surface area contributed by atoms with E-state index in [9.17, 15) is 0 Å². The Morgan fingerprint density at radius 3 is 2.35 bits per heavy atom. The molecule has 2 aliphatic rings. The van der Waals surface area contributed by atoms with Gasteiger partial charge in [-0.25, -0.2) is 0 Å². The lowest BCUT2D eigenvalue weighted by Gasteiger charge is -2.49. The van der Waals surface area contributed by atoms with Crippen LogP contribution >= 0.6 is 0 Å². The van der Waals surface area contributed by atoms with Gasteiger partial charge in [-0.1, -0.05) is 40.5 Å². The van der Waals surface area contributed by atoms with Gasteiger partial charge in [-0.05, 0) is 24.7 Å². The normalized spacial score (nSPS) is 33.2. The molecule has 1 saturated carbocycles.